The third kappa shape index (κ3) is 3.94. The Kier molecular flexibility index (Phi) is 5.48. The maximum Gasteiger partial charge on any atom is 0.242 e. The highest BCUT2D eigenvalue weighted by Gasteiger charge is 2.34. The monoisotopic (exact) mass is 331 g/mol. The molecule has 2 aliphatic heterocycles. The van der Waals surface area contributed by atoms with E-state index < -0.39 is 6.10 Å². The smallest absolute Gasteiger partial charge is 0.242 e. The average Bonchev–Trinajstić information content (AvgIpc) is 3.22. The molecule has 2 aliphatic rings. The Morgan fingerprint density at radius 2 is 2.04 bits per heavy atom. The molecule has 0 bridgehead atoms. The van der Waals surface area contributed by atoms with E-state index in [1.54, 1.807) is 4.90 Å². The number of β-amino-alcohol motifs (C(OH)–C–C–N with tert-alkyl or cyclic N) is 1. The minimum absolute atomic E-state index is 0.00131. The van der Waals surface area contributed by atoms with E-state index in [0.717, 1.165) is 12.0 Å². The van der Waals surface area contributed by atoms with Gasteiger partial charge in [-0.05, 0) is 18.4 Å². The highest BCUT2D eigenvalue weighted by Crippen LogP contribution is 2.19. The summed E-state index contributed by atoms with van der Waals surface area (Å²) in [7, 11) is 0. The van der Waals surface area contributed by atoms with Crippen LogP contribution in [0, 0.1) is 5.92 Å². The zero-order valence-corrected chi connectivity index (χ0v) is 13.8. The van der Waals surface area contributed by atoms with Crippen molar-refractivity contribution in [3.8, 4) is 0 Å². The summed E-state index contributed by atoms with van der Waals surface area (Å²) in [6.45, 7) is 2.37. The van der Waals surface area contributed by atoms with Crippen LogP contribution < -0.4 is 10.6 Å². The molecule has 130 valence electrons. The second-order valence-electron chi connectivity index (χ2n) is 6.64. The Bertz CT molecular complexity index is 578. The Labute approximate surface area is 142 Å². The molecule has 2 heterocycles. The molecule has 2 saturated heterocycles. The number of hydrogen-bond donors (Lipinski definition) is 3. The lowest BCUT2D eigenvalue weighted by Gasteiger charge is -2.25. The van der Waals surface area contributed by atoms with Crippen molar-refractivity contribution in [3.05, 3.63) is 35.9 Å². The van der Waals surface area contributed by atoms with Gasteiger partial charge < -0.3 is 20.6 Å². The first-order valence-electron chi connectivity index (χ1n) is 8.65. The lowest BCUT2D eigenvalue weighted by Crippen LogP contribution is -2.48. The van der Waals surface area contributed by atoms with Gasteiger partial charge in [-0.25, -0.2) is 0 Å². The first-order valence-corrected chi connectivity index (χ1v) is 8.65. The predicted octanol–water partition coefficient (Wildman–Crippen LogP) is -0.0834. The van der Waals surface area contributed by atoms with E-state index in [1.807, 2.05) is 30.3 Å². The van der Waals surface area contributed by atoms with Crippen molar-refractivity contribution in [2.75, 3.05) is 26.2 Å². The summed E-state index contributed by atoms with van der Waals surface area (Å²) < 4.78 is 0. The van der Waals surface area contributed by atoms with E-state index in [1.165, 1.54) is 0 Å². The first kappa shape index (κ1) is 16.9. The molecule has 1 aromatic rings. The van der Waals surface area contributed by atoms with Gasteiger partial charge in [0.25, 0.3) is 0 Å². The normalized spacial score (nSPS) is 26.5. The SMILES string of the molecule is O=C(NCC1CNCC1O)C1CCCN1C(=O)Cc1ccccc1. The zero-order valence-electron chi connectivity index (χ0n) is 13.8. The number of nitrogens with zero attached hydrogens (tertiary/aromatic N) is 1. The minimum atomic E-state index is -0.412. The van der Waals surface area contributed by atoms with Crippen LogP contribution in [0.1, 0.15) is 18.4 Å². The van der Waals surface area contributed by atoms with Crippen LogP contribution in [-0.4, -0.2) is 60.1 Å². The van der Waals surface area contributed by atoms with Crippen LogP contribution in [0.3, 0.4) is 0 Å². The average molecular weight is 331 g/mol. The number of amides is 2. The van der Waals surface area contributed by atoms with Gasteiger partial charge >= 0.3 is 0 Å². The standard InChI is InChI=1S/C18H25N3O3/c22-16-12-19-10-14(16)11-20-18(24)15-7-4-8-21(15)17(23)9-13-5-2-1-3-6-13/h1-3,5-6,14-16,19,22H,4,7-12H2,(H,20,24). The third-order valence-electron chi connectivity index (χ3n) is 4.92. The van der Waals surface area contributed by atoms with E-state index >= 15 is 0 Å². The van der Waals surface area contributed by atoms with E-state index in [-0.39, 0.29) is 23.8 Å². The number of likely N-dealkylation sites (tertiary alicyclic amines) is 1. The molecule has 24 heavy (non-hydrogen) atoms. The van der Waals surface area contributed by atoms with Gasteiger partial charge in [0.15, 0.2) is 0 Å². The largest absolute Gasteiger partial charge is 0.391 e. The summed E-state index contributed by atoms with van der Waals surface area (Å²) in [6.07, 6.45) is 1.48. The quantitative estimate of drug-likeness (QED) is 0.705. The molecular weight excluding hydrogens is 306 g/mol. The van der Waals surface area contributed by atoms with Crippen LogP contribution >= 0.6 is 0 Å². The number of nitrogens with one attached hydrogen (secondary N) is 2. The fourth-order valence-electron chi connectivity index (χ4n) is 3.49. The van der Waals surface area contributed by atoms with Gasteiger partial charge in [0.05, 0.1) is 12.5 Å². The first-order chi connectivity index (χ1) is 11.6. The third-order valence-corrected chi connectivity index (χ3v) is 4.92. The molecule has 0 saturated carbocycles. The molecule has 3 atom stereocenters. The van der Waals surface area contributed by atoms with Crippen LogP contribution in [0.5, 0.6) is 0 Å². The van der Waals surface area contributed by atoms with Crippen molar-refractivity contribution in [2.24, 2.45) is 5.92 Å². The van der Waals surface area contributed by atoms with Crippen LogP contribution in [0.25, 0.3) is 0 Å². The topological polar surface area (TPSA) is 81.7 Å². The Balaban J connectivity index is 1.54. The summed E-state index contributed by atoms with van der Waals surface area (Å²) >= 11 is 0. The molecule has 0 radical (unpaired) electrons. The van der Waals surface area contributed by atoms with Gasteiger partial charge in [0, 0.05) is 32.1 Å². The van der Waals surface area contributed by atoms with Crippen molar-refractivity contribution in [1.82, 2.24) is 15.5 Å². The Morgan fingerprint density at radius 3 is 2.75 bits per heavy atom. The highest BCUT2D eigenvalue weighted by atomic mass is 16.3. The van der Waals surface area contributed by atoms with Crippen molar-refractivity contribution >= 4 is 11.8 Å². The highest BCUT2D eigenvalue weighted by molar-refractivity contribution is 5.89. The molecule has 0 aliphatic carbocycles. The molecule has 3 unspecified atom stereocenters. The van der Waals surface area contributed by atoms with Gasteiger partial charge in [-0.2, -0.15) is 0 Å². The molecular formula is C18H25N3O3. The number of rotatable bonds is 5. The molecule has 2 fully saturated rings. The summed E-state index contributed by atoms with van der Waals surface area (Å²) in [4.78, 5) is 26.7. The summed E-state index contributed by atoms with van der Waals surface area (Å²) in [5.41, 5.74) is 0.966. The zero-order chi connectivity index (χ0) is 16.9. The minimum Gasteiger partial charge on any atom is -0.391 e. The maximum absolute atomic E-state index is 12.5. The Hall–Kier alpha value is -1.92. The summed E-state index contributed by atoms with van der Waals surface area (Å²) in [6, 6.07) is 9.23. The number of benzene rings is 1. The van der Waals surface area contributed by atoms with Crippen molar-refractivity contribution in [3.63, 3.8) is 0 Å². The van der Waals surface area contributed by atoms with Crippen molar-refractivity contribution < 1.29 is 14.7 Å². The van der Waals surface area contributed by atoms with Crippen LogP contribution in [0.2, 0.25) is 0 Å². The van der Waals surface area contributed by atoms with Gasteiger partial charge in [0.2, 0.25) is 11.8 Å². The Morgan fingerprint density at radius 1 is 1.25 bits per heavy atom. The fourth-order valence-corrected chi connectivity index (χ4v) is 3.49. The number of aliphatic hydroxyl groups is 1. The lowest BCUT2D eigenvalue weighted by molar-refractivity contribution is -0.138. The van der Waals surface area contributed by atoms with Gasteiger partial charge in [0.1, 0.15) is 6.04 Å². The van der Waals surface area contributed by atoms with Crippen LogP contribution in [0.4, 0.5) is 0 Å². The van der Waals surface area contributed by atoms with Gasteiger partial charge in [-0.3, -0.25) is 9.59 Å². The fraction of sp³-hybridized carbons (Fsp3) is 0.556. The predicted molar refractivity (Wildman–Crippen MR) is 90.3 cm³/mol. The molecule has 6 nitrogen and oxygen atoms in total. The molecule has 3 N–H and O–H groups in total. The maximum atomic E-state index is 12.5. The molecule has 6 heteroatoms. The van der Waals surface area contributed by atoms with Crippen LogP contribution in [-0.2, 0) is 16.0 Å². The van der Waals surface area contributed by atoms with E-state index in [9.17, 15) is 14.7 Å². The summed E-state index contributed by atoms with van der Waals surface area (Å²) in [5, 5.41) is 15.8. The van der Waals surface area contributed by atoms with Crippen LogP contribution in [0.15, 0.2) is 30.3 Å². The second-order valence-corrected chi connectivity index (χ2v) is 6.64. The number of hydrogen-bond acceptors (Lipinski definition) is 4. The van der Waals surface area contributed by atoms with Crippen molar-refractivity contribution in [2.45, 2.75) is 31.4 Å². The van der Waals surface area contributed by atoms with Crippen molar-refractivity contribution in [1.29, 1.82) is 0 Å². The van der Waals surface area contributed by atoms with E-state index in [0.29, 0.717) is 39.0 Å². The van der Waals surface area contributed by atoms with E-state index in [2.05, 4.69) is 10.6 Å². The second kappa shape index (κ2) is 7.77. The lowest BCUT2D eigenvalue weighted by atomic mass is 10.1. The summed E-state index contributed by atoms with van der Waals surface area (Å²) in [5.74, 6) is -0.0572. The molecule has 2 amide bonds. The number of carbonyl (C=O) groups is 2. The van der Waals surface area contributed by atoms with E-state index in [4.69, 9.17) is 0 Å². The number of aliphatic hydroxyl groups excluding tert-OH is 1. The van der Waals surface area contributed by atoms with Gasteiger partial charge in [-0.1, -0.05) is 30.3 Å². The molecule has 0 spiro atoms. The van der Waals surface area contributed by atoms with Gasteiger partial charge in [-0.15, -0.1) is 0 Å². The molecule has 0 aromatic heterocycles. The molecule has 1 aromatic carbocycles. The molecule has 3 rings (SSSR count). The number of carbonyl (C=O) groups excluding carboxylic acids is 2.